The van der Waals surface area contributed by atoms with Gasteiger partial charge in [0.25, 0.3) is 5.91 Å². The fourth-order valence-corrected chi connectivity index (χ4v) is 4.49. The number of benzene rings is 1. The molecule has 0 spiro atoms. The second-order valence-electron chi connectivity index (χ2n) is 9.58. The van der Waals surface area contributed by atoms with Crippen LogP contribution < -0.4 is 20.7 Å². The molecule has 15 heteroatoms. The van der Waals surface area contributed by atoms with Gasteiger partial charge in [-0.2, -0.15) is 23.3 Å². The first-order chi connectivity index (χ1) is 20.0. The number of nitrogens with one attached hydrogen (secondary N) is 3. The Morgan fingerprint density at radius 2 is 1.86 bits per heavy atom. The van der Waals surface area contributed by atoms with Crippen molar-refractivity contribution in [2.75, 3.05) is 50.5 Å². The molecule has 0 saturated carbocycles. The van der Waals surface area contributed by atoms with Gasteiger partial charge >= 0.3 is 12.1 Å². The second-order valence-corrected chi connectivity index (χ2v) is 9.58. The molecule has 1 aromatic carbocycles. The summed E-state index contributed by atoms with van der Waals surface area (Å²) < 4.78 is 53.4. The first kappa shape index (κ1) is 30.6. The van der Waals surface area contributed by atoms with Gasteiger partial charge in [-0.1, -0.05) is 0 Å². The zero-order valence-corrected chi connectivity index (χ0v) is 23.8. The Balaban J connectivity index is 1.57. The third-order valence-corrected chi connectivity index (χ3v) is 6.77. The Labute approximate surface area is 240 Å². The Morgan fingerprint density at radius 3 is 2.52 bits per heavy atom. The number of halogens is 3. The van der Waals surface area contributed by atoms with Crippen molar-refractivity contribution >= 4 is 35.1 Å². The first-order valence-electron chi connectivity index (χ1n) is 13.4. The number of hydrogen-bond donors (Lipinski definition) is 3. The minimum atomic E-state index is -4.81. The predicted octanol–water partition coefficient (Wildman–Crippen LogP) is 4.04. The number of aromatic nitrogens is 4. The molecule has 0 radical (unpaired) electrons. The number of hydrogen-bond acceptors (Lipinski definition) is 10. The van der Waals surface area contributed by atoms with E-state index in [1.54, 1.807) is 33.0 Å². The van der Waals surface area contributed by atoms with E-state index in [2.05, 4.69) is 35.9 Å². The Bertz CT molecular complexity index is 1440. The summed E-state index contributed by atoms with van der Waals surface area (Å²) in [5.74, 6) is -1.74. The average molecular weight is 591 g/mol. The Hall–Kier alpha value is -4.40. The fourth-order valence-electron chi connectivity index (χ4n) is 4.49. The average Bonchev–Trinajstić information content (AvgIpc) is 3.55. The normalized spacial score (nSPS) is 13.6. The lowest BCUT2D eigenvalue weighted by Gasteiger charge is -2.16. The predicted molar refractivity (Wildman–Crippen MR) is 149 cm³/mol. The molecule has 1 aliphatic heterocycles. The number of amides is 1. The maximum Gasteiger partial charge on any atom is 0.421 e. The number of methoxy groups -OCH3 is 1. The lowest BCUT2D eigenvalue weighted by atomic mass is 10.1. The molecule has 0 bridgehead atoms. The molecule has 42 heavy (non-hydrogen) atoms. The van der Waals surface area contributed by atoms with E-state index < -0.39 is 23.5 Å². The molecule has 0 atom stereocenters. The smallest absolute Gasteiger partial charge is 0.421 e. The van der Waals surface area contributed by atoms with Crippen molar-refractivity contribution in [2.45, 2.75) is 32.9 Å². The third-order valence-electron chi connectivity index (χ3n) is 6.77. The minimum absolute atomic E-state index is 0.0171. The zero-order chi connectivity index (χ0) is 30.4. The van der Waals surface area contributed by atoms with Gasteiger partial charge in [-0.15, -0.1) is 0 Å². The molecular weight excluding hydrogens is 557 g/mol. The molecule has 226 valence electrons. The van der Waals surface area contributed by atoms with Gasteiger partial charge in [-0.3, -0.25) is 9.48 Å². The van der Waals surface area contributed by atoms with Gasteiger partial charge in [-0.05, 0) is 58.0 Å². The van der Waals surface area contributed by atoms with Crippen LogP contribution in [0.4, 0.5) is 36.4 Å². The number of rotatable bonds is 11. The highest BCUT2D eigenvalue weighted by Crippen LogP contribution is 2.36. The summed E-state index contributed by atoms with van der Waals surface area (Å²) in [4.78, 5) is 35.3. The molecular formula is C27H33F3N8O4. The van der Waals surface area contributed by atoms with Crippen molar-refractivity contribution in [1.29, 1.82) is 0 Å². The standard InChI is InChI=1S/C27H33F3N8O4/c1-5-42-25(40)21-16(2)37(3)36-23(21)34-22-18(27(28,29)30)15-32-26(35-22)33-19-9-8-17(14-20(19)41-4)24(39)31-10-13-38-11-6-7-12-38/h8-9,14-15H,5-7,10-13H2,1-4H3,(H,31,39)(H2,32,33,34,35,36). The van der Waals surface area contributed by atoms with Gasteiger partial charge in [-0.25, -0.2) is 9.78 Å². The van der Waals surface area contributed by atoms with Gasteiger partial charge in [0.1, 0.15) is 22.7 Å². The van der Waals surface area contributed by atoms with Gasteiger partial charge in [0.05, 0.1) is 25.1 Å². The van der Waals surface area contributed by atoms with Crippen LogP contribution in [0.25, 0.3) is 0 Å². The molecule has 3 N–H and O–H groups in total. The minimum Gasteiger partial charge on any atom is -0.495 e. The van der Waals surface area contributed by atoms with Gasteiger partial charge in [0, 0.05) is 31.9 Å². The van der Waals surface area contributed by atoms with Crippen LogP contribution in [-0.2, 0) is 18.0 Å². The van der Waals surface area contributed by atoms with Crippen LogP contribution >= 0.6 is 0 Å². The molecule has 3 heterocycles. The quantitative estimate of drug-likeness (QED) is 0.281. The molecule has 1 saturated heterocycles. The number of esters is 1. The largest absolute Gasteiger partial charge is 0.495 e. The molecule has 2 aromatic heterocycles. The van der Waals surface area contributed by atoms with E-state index in [0.29, 0.717) is 29.7 Å². The zero-order valence-electron chi connectivity index (χ0n) is 23.8. The summed E-state index contributed by atoms with van der Waals surface area (Å²) in [7, 11) is 2.95. The maximum absolute atomic E-state index is 13.9. The van der Waals surface area contributed by atoms with E-state index in [-0.39, 0.29) is 35.6 Å². The van der Waals surface area contributed by atoms with Crippen molar-refractivity contribution in [1.82, 2.24) is 30.0 Å². The first-order valence-corrected chi connectivity index (χ1v) is 13.4. The Morgan fingerprint density at radius 1 is 1.12 bits per heavy atom. The van der Waals surface area contributed by atoms with E-state index in [4.69, 9.17) is 9.47 Å². The van der Waals surface area contributed by atoms with Gasteiger partial charge < -0.3 is 30.3 Å². The monoisotopic (exact) mass is 590 g/mol. The molecule has 1 fully saturated rings. The highest BCUT2D eigenvalue weighted by atomic mass is 19.4. The number of anilines is 4. The van der Waals surface area contributed by atoms with E-state index >= 15 is 0 Å². The number of carbonyl (C=O) groups excluding carboxylic acids is 2. The number of likely N-dealkylation sites (tertiary alicyclic amines) is 1. The molecule has 0 aliphatic carbocycles. The van der Waals surface area contributed by atoms with Crippen LogP contribution in [0.3, 0.4) is 0 Å². The summed E-state index contributed by atoms with van der Waals surface area (Å²) in [5, 5.41) is 12.4. The summed E-state index contributed by atoms with van der Waals surface area (Å²) in [6.45, 7) is 6.61. The summed E-state index contributed by atoms with van der Waals surface area (Å²) in [5.41, 5.74) is -0.123. The van der Waals surface area contributed by atoms with E-state index in [9.17, 15) is 22.8 Å². The lowest BCUT2D eigenvalue weighted by molar-refractivity contribution is -0.137. The summed E-state index contributed by atoms with van der Waals surface area (Å²) >= 11 is 0. The highest BCUT2D eigenvalue weighted by molar-refractivity contribution is 5.97. The molecule has 1 aliphatic rings. The van der Waals surface area contributed by atoms with Crippen LogP contribution in [0.5, 0.6) is 5.75 Å². The molecule has 0 unspecified atom stereocenters. The van der Waals surface area contributed by atoms with Crippen LogP contribution in [0, 0.1) is 6.92 Å². The number of alkyl halides is 3. The SMILES string of the molecule is CCOC(=O)c1c(Nc2nc(Nc3ccc(C(=O)NCCN4CCCC4)cc3OC)ncc2C(F)(F)F)nn(C)c1C. The van der Waals surface area contributed by atoms with Gasteiger partial charge in [0.15, 0.2) is 5.82 Å². The molecule has 3 aromatic rings. The summed E-state index contributed by atoms with van der Waals surface area (Å²) in [6.07, 6.45) is -1.86. The lowest BCUT2D eigenvalue weighted by Crippen LogP contribution is -2.33. The van der Waals surface area contributed by atoms with Crippen molar-refractivity contribution in [3.05, 3.63) is 46.8 Å². The Kier molecular flexibility index (Phi) is 9.50. The van der Waals surface area contributed by atoms with Crippen LogP contribution in [0.2, 0.25) is 0 Å². The second kappa shape index (κ2) is 13.1. The highest BCUT2D eigenvalue weighted by Gasteiger charge is 2.36. The number of ether oxygens (including phenoxy) is 2. The van der Waals surface area contributed by atoms with Crippen molar-refractivity contribution in [3.8, 4) is 5.75 Å². The van der Waals surface area contributed by atoms with Crippen LogP contribution in [0.1, 0.15) is 51.7 Å². The van der Waals surface area contributed by atoms with Gasteiger partial charge in [0.2, 0.25) is 5.95 Å². The van der Waals surface area contributed by atoms with Crippen molar-refractivity contribution < 1.29 is 32.2 Å². The maximum atomic E-state index is 13.9. The van der Waals surface area contributed by atoms with E-state index in [0.717, 1.165) is 32.5 Å². The topological polar surface area (TPSA) is 136 Å². The van der Waals surface area contributed by atoms with E-state index in [1.807, 2.05) is 0 Å². The van der Waals surface area contributed by atoms with Crippen LogP contribution in [0.15, 0.2) is 24.4 Å². The number of nitrogens with zero attached hydrogens (tertiary/aromatic N) is 5. The third kappa shape index (κ3) is 7.08. The van der Waals surface area contributed by atoms with Crippen molar-refractivity contribution in [2.24, 2.45) is 7.05 Å². The molecule has 12 nitrogen and oxygen atoms in total. The summed E-state index contributed by atoms with van der Waals surface area (Å²) in [6, 6.07) is 4.62. The number of carbonyl (C=O) groups is 2. The number of aryl methyl sites for hydroxylation is 1. The van der Waals surface area contributed by atoms with Crippen molar-refractivity contribution in [3.63, 3.8) is 0 Å². The molecule has 4 rings (SSSR count). The molecule has 1 amide bonds. The van der Waals surface area contributed by atoms with E-state index in [1.165, 1.54) is 17.9 Å². The van der Waals surface area contributed by atoms with Crippen LogP contribution in [-0.4, -0.2) is 76.4 Å². The fraction of sp³-hybridized carbons (Fsp3) is 0.444.